The third-order valence-corrected chi connectivity index (χ3v) is 6.32. The smallest absolute Gasteiger partial charge is 0.234 e. The SMILES string of the molecule is Cc1nc(-c2cccc(NC(=O)CSc3n[nH]c(Cc4cccs4)n3)c2)cs1. The Morgan fingerprint density at radius 1 is 1.21 bits per heavy atom. The molecule has 4 rings (SSSR count). The summed E-state index contributed by atoms with van der Waals surface area (Å²) in [5.74, 6) is 0.953. The second-order valence-electron chi connectivity index (χ2n) is 5.99. The molecule has 1 amide bonds. The third kappa shape index (κ3) is 4.86. The molecule has 0 saturated heterocycles. The molecule has 0 atom stereocenters. The number of aryl methyl sites for hydroxylation is 1. The van der Waals surface area contributed by atoms with E-state index in [0.717, 1.165) is 34.2 Å². The van der Waals surface area contributed by atoms with Crippen molar-refractivity contribution in [2.24, 2.45) is 0 Å². The number of rotatable bonds is 7. The average molecular weight is 428 g/mol. The summed E-state index contributed by atoms with van der Waals surface area (Å²) in [6, 6.07) is 11.8. The van der Waals surface area contributed by atoms with Crippen LogP contribution >= 0.6 is 34.4 Å². The van der Waals surface area contributed by atoms with Gasteiger partial charge >= 0.3 is 0 Å². The largest absolute Gasteiger partial charge is 0.325 e. The number of anilines is 1. The predicted octanol–water partition coefficient (Wildman–Crippen LogP) is 4.62. The maximum absolute atomic E-state index is 12.3. The number of amides is 1. The van der Waals surface area contributed by atoms with Crippen LogP contribution in [0.5, 0.6) is 0 Å². The van der Waals surface area contributed by atoms with Gasteiger partial charge in [-0.25, -0.2) is 9.97 Å². The van der Waals surface area contributed by atoms with E-state index in [1.807, 2.05) is 48.0 Å². The molecule has 0 bridgehead atoms. The first kappa shape index (κ1) is 18.9. The van der Waals surface area contributed by atoms with Gasteiger partial charge in [-0.3, -0.25) is 9.89 Å². The van der Waals surface area contributed by atoms with Gasteiger partial charge in [-0.2, -0.15) is 0 Å². The molecule has 0 spiro atoms. The lowest BCUT2D eigenvalue weighted by atomic mass is 10.1. The minimum Gasteiger partial charge on any atom is -0.325 e. The van der Waals surface area contributed by atoms with Crippen LogP contribution in [0, 0.1) is 6.92 Å². The number of nitrogens with zero attached hydrogens (tertiary/aromatic N) is 3. The molecule has 3 heterocycles. The van der Waals surface area contributed by atoms with Crippen LogP contribution in [-0.4, -0.2) is 31.8 Å². The van der Waals surface area contributed by atoms with E-state index in [9.17, 15) is 4.79 Å². The van der Waals surface area contributed by atoms with Gasteiger partial charge in [0, 0.05) is 27.9 Å². The Bertz CT molecular complexity index is 1070. The molecule has 0 saturated carbocycles. The fourth-order valence-electron chi connectivity index (χ4n) is 2.58. The Kier molecular flexibility index (Phi) is 5.84. The molecule has 0 unspecified atom stereocenters. The molecular formula is C19H17N5OS3. The minimum atomic E-state index is -0.0961. The Balaban J connectivity index is 1.32. The molecular weight excluding hydrogens is 410 g/mol. The average Bonchev–Trinajstić information content (AvgIpc) is 3.43. The standard InChI is InChI=1S/C19H17N5OS3/c1-12-20-16(10-27-12)13-4-2-5-14(8-13)21-18(25)11-28-19-22-17(23-24-19)9-15-6-3-7-26-15/h2-8,10H,9,11H2,1H3,(H,21,25)(H,22,23,24). The van der Waals surface area contributed by atoms with E-state index in [-0.39, 0.29) is 11.7 Å². The first-order valence-corrected chi connectivity index (χ1v) is 11.3. The number of hydrogen-bond acceptors (Lipinski definition) is 7. The molecule has 142 valence electrons. The molecule has 0 aliphatic carbocycles. The van der Waals surface area contributed by atoms with Gasteiger partial charge in [0.05, 0.1) is 16.5 Å². The quantitative estimate of drug-likeness (QED) is 0.421. The summed E-state index contributed by atoms with van der Waals surface area (Å²) in [7, 11) is 0. The van der Waals surface area contributed by atoms with E-state index in [0.29, 0.717) is 5.16 Å². The first-order valence-electron chi connectivity index (χ1n) is 8.54. The molecule has 0 aliphatic heterocycles. The molecule has 4 aromatic rings. The summed E-state index contributed by atoms with van der Waals surface area (Å²) in [4.78, 5) is 22.4. The number of hydrogen-bond donors (Lipinski definition) is 2. The van der Waals surface area contributed by atoms with E-state index in [1.54, 1.807) is 22.7 Å². The van der Waals surface area contributed by atoms with Crippen molar-refractivity contribution in [2.75, 3.05) is 11.1 Å². The highest BCUT2D eigenvalue weighted by molar-refractivity contribution is 7.99. The van der Waals surface area contributed by atoms with Crippen LogP contribution in [-0.2, 0) is 11.2 Å². The van der Waals surface area contributed by atoms with Crippen molar-refractivity contribution in [3.63, 3.8) is 0 Å². The summed E-state index contributed by atoms with van der Waals surface area (Å²) in [5.41, 5.74) is 2.66. The predicted molar refractivity (Wildman–Crippen MR) is 115 cm³/mol. The van der Waals surface area contributed by atoms with E-state index in [4.69, 9.17) is 0 Å². The topological polar surface area (TPSA) is 83.6 Å². The summed E-state index contributed by atoms with van der Waals surface area (Å²) >= 11 is 4.61. The van der Waals surface area contributed by atoms with Crippen molar-refractivity contribution in [3.8, 4) is 11.3 Å². The van der Waals surface area contributed by atoms with Gasteiger partial charge in [-0.05, 0) is 30.5 Å². The second kappa shape index (κ2) is 8.68. The van der Waals surface area contributed by atoms with Crippen molar-refractivity contribution >= 4 is 46.0 Å². The number of aromatic amines is 1. The number of thiazole rings is 1. The lowest BCUT2D eigenvalue weighted by Crippen LogP contribution is -2.14. The van der Waals surface area contributed by atoms with Crippen LogP contribution < -0.4 is 5.32 Å². The minimum absolute atomic E-state index is 0.0961. The van der Waals surface area contributed by atoms with Crippen molar-refractivity contribution < 1.29 is 4.79 Å². The number of carbonyl (C=O) groups is 1. The van der Waals surface area contributed by atoms with Gasteiger partial charge in [0.1, 0.15) is 5.82 Å². The number of H-pyrrole nitrogens is 1. The normalized spacial score (nSPS) is 10.9. The summed E-state index contributed by atoms with van der Waals surface area (Å²) < 4.78 is 0. The van der Waals surface area contributed by atoms with E-state index in [2.05, 4.69) is 31.5 Å². The molecule has 9 heteroatoms. The van der Waals surface area contributed by atoms with Gasteiger partial charge in [0.2, 0.25) is 11.1 Å². The fourth-order valence-corrected chi connectivity index (χ4v) is 4.53. The second-order valence-corrected chi connectivity index (χ2v) is 9.03. The molecule has 28 heavy (non-hydrogen) atoms. The zero-order chi connectivity index (χ0) is 19.3. The Labute approximate surface area is 174 Å². The number of benzene rings is 1. The van der Waals surface area contributed by atoms with Gasteiger partial charge < -0.3 is 5.32 Å². The van der Waals surface area contributed by atoms with Crippen molar-refractivity contribution in [1.29, 1.82) is 0 Å². The molecule has 2 N–H and O–H groups in total. The third-order valence-electron chi connectivity index (χ3n) is 3.83. The molecule has 0 fully saturated rings. The Morgan fingerprint density at radius 3 is 2.93 bits per heavy atom. The van der Waals surface area contributed by atoms with Gasteiger partial charge in [-0.1, -0.05) is 30.0 Å². The lowest BCUT2D eigenvalue weighted by Gasteiger charge is -2.05. The maximum atomic E-state index is 12.3. The van der Waals surface area contributed by atoms with Gasteiger partial charge in [0.25, 0.3) is 0 Å². The van der Waals surface area contributed by atoms with Crippen molar-refractivity contribution in [3.05, 3.63) is 62.9 Å². The summed E-state index contributed by atoms with van der Waals surface area (Å²) in [6.45, 7) is 1.98. The van der Waals surface area contributed by atoms with Crippen LogP contribution in [0.4, 0.5) is 5.69 Å². The highest BCUT2D eigenvalue weighted by atomic mass is 32.2. The number of thioether (sulfide) groups is 1. The zero-order valence-corrected chi connectivity index (χ0v) is 17.5. The number of nitrogens with one attached hydrogen (secondary N) is 2. The van der Waals surface area contributed by atoms with Crippen molar-refractivity contribution in [1.82, 2.24) is 20.2 Å². The molecule has 3 aromatic heterocycles. The van der Waals surface area contributed by atoms with Crippen LogP contribution in [0.1, 0.15) is 15.7 Å². The van der Waals surface area contributed by atoms with Crippen LogP contribution in [0.2, 0.25) is 0 Å². The van der Waals surface area contributed by atoms with Crippen LogP contribution in [0.25, 0.3) is 11.3 Å². The molecule has 0 aliphatic rings. The van der Waals surface area contributed by atoms with Crippen LogP contribution in [0.3, 0.4) is 0 Å². The Morgan fingerprint density at radius 2 is 2.14 bits per heavy atom. The van der Waals surface area contributed by atoms with Crippen molar-refractivity contribution in [2.45, 2.75) is 18.5 Å². The molecule has 6 nitrogen and oxygen atoms in total. The van der Waals surface area contributed by atoms with E-state index < -0.39 is 0 Å². The zero-order valence-electron chi connectivity index (χ0n) is 15.0. The van der Waals surface area contributed by atoms with Gasteiger partial charge in [-0.15, -0.1) is 27.8 Å². The monoisotopic (exact) mass is 427 g/mol. The van der Waals surface area contributed by atoms with Crippen LogP contribution in [0.15, 0.2) is 52.3 Å². The number of thiophene rings is 1. The highest BCUT2D eigenvalue weighted by Gasteiger charge is 2.10. The summed E-state index contributed by atoms with van der Waals surface area (Å²) in [5, 5.41) is 15.7. The Hall–Kier alpha value is -2.49. The highest BCUT2D eigenvalue weighted by Crippen LogP contribution is 2.24. The first-order chi connectivity index (χ1) is 13.7. The number of aromatic nitrogens is 4. The number of carbonyl (C=O) groups excluding carboxylic acids is 1. The lowest BCUT2D eigenvalue weighted by molar-refractivity contribution is -0.113. The molecule has 1 aromatic carbocycles. The maximum Gasteiger partial charge on any atom is 0.234 e. The van der Waals surface area contributed by atoms with Gasteiger partial charge in [0.15, 0.2) is 0 Å². The summed E-state index contributed by atoms with van der Waals surface area (Å²) in [6.07, 6.45) is 0.723. The molecule has 0 radical (unpaired) electrons. The fraction of sp³-hybridized carbons (Fsp3) is 0.158. The van der Waals surface area contributed by atoms with E-state index >= 15 is 0 Å². The van der Waals surface area contributed by atoms with E-state index in [1.165, 1.54) is 16.6 Å².